The molecule has 0 bridgehead atoms. The smallest absolute Gasteiger partial charge is 0.255 e. The van der Waals surface area contributed by atoms with Gasteiger partial charge in [-0.2, -0.15) is 0 Å². The molecule has 1 fully saturated rings. The Morgan fingerprint density at radius 2 is 1.57 bits per heavy atom. The van der Waals surface area contributed by atoms with Gasteiger partial charge < -0.3 is 5.32 Å². The first-order valence-corrected chi connectivity index (χ1v) is 8.16. The minimum absolute atomic E-state index is 0.207. The zero-order valence-electron chi connectivity index (χ0n) is 12.1. The molecule has 1 saturated heterocycles. The number of amides is 3. The van der Waals surface area contributed by atoms with E-state index in [4.69, 9.17) is 0 Å². The second kappa shape index (κ2) is 6.49. The standard InChI is InChI=1S/C17H13IN2O3/c18-12-7-5-11(6-8-12)17(23)19-13-3-1-2-4-14(13)20-15(21)9-10-16(20)22/h1-8H,9-10H2,(H,19,23). The van der Waals surface area contributed by atoms with E-state index in [0.29, 0.717) is 16.9 Å². The Morgan fingerprint density at radius 1 is 0.957 bits per heavy atom. The summed E-state index contributed by atoms with van der Waals surface area (Å²) < 4.78 is 1.04. The Bertz CT molecular complexity index is 771. The number of hydrogen-bond donors (Lipinski definition) is 1. The van der Waals surface area contributed by atoms with Gasteiger partial charge in [-0.3, -0.25) is 14.4 Å². The van der Waals surface area contributed by atoms with Gasteiger partial charge in [0.15, 0.2) is 0 Å². The van der Waals surface area contributed by atoms with E-state index in [1.54, 1.807) is 36.4 Å². The number of anilines is 2. The highest BCUT2D eigenvalue weighted by Crippen LogP contribution is 2.30. The molecule has 5 nitrogen and oxygen atoms in total. The van der Waals surface area contributed by atoms with E-state index in [9.17, 15) is 14.4 Å². The summed E-state index contributed by atoms with van der Waals surface area (Å²) in [6, 6.07) is 14.0. The monoisotopic (exact) mass is 420 g/mol. The Labute approximate surface area is 146 Å². The van der Waals surface area contributed by atoms with E-state index in [-0.39, 0.29) is 30.6 Å². The van der Waals surface area contributed by atoms with Crippen LogP contribution in [0.3, 0.4) is 0 Å². The number of halogens is 1. The van der Waals surface area contributed by atoms with Crippen LogP contribution in [0, 0.1) is 3.57 Å². The molecular weight excluding hydrogens is 407 g/mol. The zero-order valence-corrected chi connectivity index (χ0v) is 14.2. The summed E-state index contributed by atoms with van der Waals surface area (Å²) in [6.45, 7) is 0. The molecule has 1 aliphatic rings. The summed E-state index contributed by atoms with van der Waals surface area (Å²) in [6.07, 6.45) is 0.413. The van der Waals surface area contributed by atoms with Crippen molar-refractivity contribution in [2.45, 2.75) is 12.8 Å². The van der Waals surface area contributed by atoms with Crippen molar-refractivity contribution < 1.29 is 14.4 Å². The highest BCUT2D eigenvalue weighted by atomic mass is 127. The van der Waals surface area contributed by atoms with E-state index >= 15 is 0 Å². The lowest BCUT2D eigenvalue weighted by molar-refractivity contribution is -0.121. The van der Waals surface area contributed by atoms with E-state index in [1.165, 1.54) is 0 Å². The number of nitrogens with one attached hydrogen (secondary N) is 1. The molecular formula is C17H13IN2O3. The van der Waals surface area contributed by atoms with Gasteiger partial charge in [-0.05, 0) is 59.0 Å². The zero-order chi connectivity index (χ0) is 16.4. The van der Waals surface area contributed by atoms with Crippen molar-refractivity contribution in [2.24, 2.45) is 0 Å². The number of rotatable bonds is 3. The Hall–Kier alpha value is -2.22. The molecule has 116 valence electrons. The van der Waals surface area contributed by atoms with E-state index in [1.807, 2.05) is 12.1 Å². The van der Waals surface area contributed by atoms with Crippen molar-refractivity contribution >= 4 is 51.7 Å². The second-order valence-electron chi connectivity index (χ2n) is 5.10. The molecule has 2 aromatic carbocycles. The predicted molar refractivity (Wildman–Crippen MR) is 95.3 cm³/mol. The predicted octanol–water partition coefficient (Wildman–Crippen LogP) is 3.20. The van der Waals surface area contributed by atoms with Gasteiger partial charge in [-0.1, -0.05) is 12.1 Å². The minimum atomic E-state index is -0.284. The molecule has 2 aromatic rings. The second-order valence-corrected chi connectivity index (χ2v) is 6.35. The first kappa shape index (κ1) is 15.7. The molecule has 6 heteroatoms. The van der Waals surface area contributed by atoms with Gasteiger partial charge in [0.1, 0.15) is 0 Å². The topological polar surface area (TPSA) is 66.5 Å². The average Bonchev–Trinajstić information content (AvgIpc) is 2.87. The number of nitrogens with zero attached hydrogens (tertiary/aromatic N) is 1. The fourth-order valence-electron chi connectivity index (χ4n) is 2.42. The summed E-state index contributed by atoms with van der Waals surface area (Å²) in [5, 5.41) is 2.78. The quantitative estimate of drug-likeness (QED) is 0.613. The molecule has 0 unspecified atom stereocenters. The Kier molecular flexibility index (Phi) is 4.42. The van der Waals surface area contributed by atoms with Gasteiger partial charge in [0.2, 0.25) is 11.8 Å². The number of imide groups is 1. The molecule has 0 spiro atoms. The van der Waals surface area contributed by atoms with E-state index in [0.717, 1.165) is 8.47 Å². The van der Waals surface area contributed by atoms with Crippen LogP contribution in [0.5, 0.6) is 0 Å². The third-order valence-electron chi connectivity index (χ3n) is 3.55. The lowest BCUT2D eigenvalue weighted by atomic mass is 10.2. The van der Waals surface area contributed by atoms with Crippen LogP contribution < -0.4 is 10.2 Å². The molecule has 1 heterocycles. The summed E-state index contributed by atoms with van der Waals surface area (Å²) in [4.78, 5) is 37.3. The fourth-order valence-corrected chi connectivity index (χ4v) is 2.77. The molecule has 3 rings (SSSR count). The van der Waals surface area contributed by atoms with Gasteiger partial charge in [0, 0.05) is 22.0 Å². The molecule has 23 heavy (non-hydrogen) atoms. The molecule has 0 aromatic heterocycles. The highest BCUT2D eigenvalue weighted by molar-refractivity contribution is 14.1. The van der Waals surface area contributed by atoms with Crippen LogP contribution in [-0.2, 0) is 9.59 Å². The van der Waals surface area contributed by atoms with Gasteiger partial charge >= 0.3 is 0 Å². The molecule has 0 aliphatic carbocycles. The van der Waals surface area contributed by atoms with Gasteiger partial charge in [0.05, 0.1) is 11.4 Å². The van der Waals surface area contributed by atoms with E-state index in [2.05, 4.69) is 27.9 Å². The third kappa shape index (κ3) is 3.26. The number of hydrogen-bond acceptors (Lipinski definition) is 3. The van der Waals surface area contributed by atoms with Crippen LogP contribution >= 0.6 is 22.6 Å². The minimum Gasteiger partial charge on any atom is -0.320 e. The molecule has 0 saturated carbocycles. The van der Waals surface area contributed by atoms with Crippen LogP contribution in [0.25, 0.3) is 0 Å². The number of para-hydroxylation sites is 2. The van der Waals surface area contributed by atoms with Gasteiger partial charge in [0.25, 0.3) is 5.91 Å². The largest absolute Gasteiger partial charge is 0.320 e. The lowest BCUT2D eigenvalue weighted by Gasteiger charge is -2.18. The maximum Gasteiger partial charge on any atom is 0.255 e. The average molecular weight is 420 g/mol. The molecule has 0 radical (unpaired) electrons. The highest BCUT2D eigenvalue weighted by Gasteiger charge is 2.31. The van der Waals surface area contributed by atoms with Crippen molar-refractivity contribution in [3.8, 4) is 0 Å². The van der Waals surface area contributed by atoms with Crippen LogP contribution in [0.2, 0.25) is 0 Å². The van der Waals surface area contributed by atoms with Crippen LogP contribution in [0.4, 0.5) is 11.4 Å². The molecule has 1 aliphatic heterocycles. The summed E-state index contributed by atoms with van der Waals surface area (Å²) in [5.41, 5.74) is 1.37. The lowest BCUT2D eigenvalue weighted by Crippen LogP contribution is -2.29. The SMILES string of the molecule is O=C(Nc1ccccc1N1C(=O)CCC1=O)c1ccc(I)cc1. The van der Waals surface area contributed by atoms with Crippen LogP contribution in [0.1, 0.15) is 23.2 Å². The number of carbonyl (C=O) groups is 3. The van der Waals surface area contributed by atoms with Crippen molar-refractivity contribution in [3.05, 3.63) is 57.7 Å². The van der Waals surface area contributed by atoms with E-state index < -0.39 is 0 Å². The first-order valence-electron chi connectivity index (χ1n) is 7.08. The molecule has 1 N–H and O–H groups in total. The molecule has 3 amide bonds. The van der Waals surface area contributed by atoms with Crippen molar-refractivity contribution in [1.82, 2.24) is 0 Å². The summed E-state index contributed by atoms with van der Waals surface area (Å²) >= 11 is 2.17. The number of carbonyl (C=O) groups excluding carboxylic acids is 3. The summed E-state index contributed by atoms with van der Waals surface area (Å²) in [5.74, 6) is -0.773. The first-order chi connectivity index (χ1) is 11.1. The number of benzene rings is 2. The maximum atomic E-state index is 12.4. The van der Waals surface area contributed by atoms with Gasteiger partial charge in [-0.25, -0.2) is 4.90 Å². The Balaban J connectivity index is 1.89. The Morgan fingerprint density at radius 3 is 2.22 bits per heavy atom. The molecule has 0 atom stereocenters. The van der Waals surface area contributed by atoms with Crippen LogP contribution in [0.15, 0.2) is 48.5 Å². The summed E-state index contributed by atoms with van der Waals surface area (Å²) in [7, 11) is 0. The van der Waals surface area contributed by atoms with Crippen molar-refractivity contribution in [3.63, 3.8) is 0 Å². The third-order valence-corrected chi connectivity index (χ3v) is 4.27. The van der Waals surface area contributed by atoms with Crippen LogP contribution in [-0.4, -0.2) is 17.7 Å². The fraction of sp³-hybridized carbons (Fsp3) is 0.118. The normalized spacial score (nSPS) is 14.2. The maximum absolute atomic E-state index is 12.4. The van der Waals surface area contributed by atoms with Gasteiger partial charge in [-0.15, -0.1) is 0 Å². The van der Waals surface area contributed by atoms with Crippen molar-refractivity contribution in [1.29, 1.82) is 0 Å². The van der Waals surface area contributed by atoms with Crippen molar-refractivity contribution in [2.75, 3.05) is 10.2 Å².